The van der Waals surface area contributed by atoms with E-state index in [0.717, 1.165) is 19.2 Å². The Morgan fingerprint density at radius 1 is 1.32 bits per heavy atom. The van der Waals surface area contributed by atoms with Gasteiger partial charge in [-0.1, -0.05) is 13.8 Å². The van der Waals surface area contributed by atoms with Gasteiger partial charge >= 0.3 is 11.9 Å². The Bertz CT molecular complexity index is 686. The molecule has 0 aliphatic carbocycles. The first-order valence-corrected chi connectivity index (χ1v) is 7.71. The van der Waals surface area contributed by atoms with Gasteiger partial charge in [0, 0.05) is 0 Å². The van der Waals surface area contributed by atoms with Crippen molar-refractivity contribution in [1.82, 2.24) is 4.72 Å². The first-order chi connectivity index (χ1) is 10.1. The van der Waals surface area contributed by atoms with Crippen molar-refractivity contribution in [3.05, 3.63) is 29.6 Å². The van der Waals surface area contributed by atoms with E-state index in [1.807, 2.05) is 4.72 Å². The second kappa shape index (κ2) is 6.84. The number of nitrogens with one attached hydrogen (secondary N) is 1. The van der Waals surface area contributed by atoms with Crippen molar-refractivity contribution in [2.24, 2.45) is 5.92 Å². The molecule has 1 rings (SSSR count). The summed E-state index contributed by atoms with van der Waals surface area (Å²) in [4.78, 5) is 22.1. The number of carbonyl (C=O) groups is 2. The molecule has 1 aromatic carbocycles. The van der Waals surface area contributed by atoms with Crippen LogP contribution in [-0.2, 0) is 19.6 Å². The third kappa shape index (κ3) is 4.01. The van der Waals surface area contributed by atoms with Crippen molar-refractivity contribution in [3.8, 4) is 0 Å². The molecule has 0 aromatic heterocycles. The second-order valence-electron chi connectivity index (χ2n) is 4.81. The van der Waals surface area contributed by atoms with Gasteiger partial charge in [-0.05, 0) is 24.1 Å². The van der Waals surface area contributed by atoms with Crippen LogP contribution in [0.2, 0.25) is 0 Å². The number of aliphatic carboxylic acids is 1. The number of hydrogen-bond acceptors (Lipinski definition) is 5. The quantitative estimate of drug-likeness (QED) is 0.752. The van der Waals surface area contributed by atoms with Gasteiger partial charge in [0.25, 0.3) is 0 Å². The lowest BCUT2D eigenvalue weighted by Crippen LogP contribution is -2.44. The Kier molecular flexibility index (Phi) is 5.61. The first-order valence-electron chi connectivity index (χ1n) is 6.23. The molecule has 22 heavy (non-hydrogen) atoms. The molecule has 0 bridgehead atoms. The van der Waals surface area contributed by atoms with E-state index in [2.05, 4.69) is 4.74 Å². The Hall–Kier alpha value is -2.00. The summed E-state index contributed by atoms with van der Waals surface area (Å²) < 4.78 is 44.2. The zero-order valence-electron chi connectivity index (χ0n) is 12.2. The summed E-state index contributed by atoms with van der Waals surface area (Å²) >= 11 is 0. The van der Waals surface area contributed by atoms with Crippen molar-refractivity contribution in [3.63, 3.8) is 0 Å². The summed E-state index contributed by atoms with van der Waals surface area (Å²) in [6.45, 7) is 3.04. The molecule has 9 heteroatoms. The fourth-order valence-corrected chi connectivity index (χ4v) is 3.22. The lowest BCUT2D eigenvalue weighted by molar-refractivity contribution is -0.140. The van der Waals surface area contributed by atoms with Crippen LogP contribution >= 0.6 is 0 Å². The Balaban J connectivity index is 3.34. The Labute approximate surface area is 127 Å². The SMILES string of the molecule is COC(=O)c1cc(F)ccc1S(=O)(=O)NC(C(=O)O)C(C)C. The summed E-state index contributed by atoms with van der Waals surface area (Å²) in [6.07, 6.45) is 0. The van der Waals surface area contributed by atoms with Crippen molar-refractivity contribution >= 4 is 22.0 Å². The van der Waals surface area contributed by atoms with E-state index in [4.69, 9.17) is 5.11 Å². The number of carboxylic acids is 1. The molecule has 0 saturated heterocycles. The molecule has 0 aliphatic heterocycles. The van der Waals surface area contributed by atoms with Crippen LogP contribution in [0.5, 0.6) is 0 Å². The van der Waals surface area contributed by atoms with Crippen LogP contribution in [0.4, 0.5) is 4.39 Å². The third-order valence-corrected chi connectivity index (χ3v) is 4.35. The topological polar surface area (TPSA) is 110 Å². The van der Waals surface area contributed by atoms with Crippen LogP contribution in [0.15, 0.2) is 23.1 Å². The fourth-order valence-electron chi connectivity index (χ4n) is 1.71. The molecule has 122 valence electrons. The summed E-state index contributed by atoms with van der Waals surface area (Å²) in [6, 6.07) is 1.06. The van der Waals surface area contributed by atoms with E-state index < -0.39 is 50.2 Å². The Morgan fingerprint density at radius 2 is 1.91 bits per heavy atom. The molecule has 0 saturated carbocycles. The van der Waals surface area contributed by atoms with Crippen molar-refractivity contribution in [2.75, 3.05) is 7.11 Å². The zero-order valence-corrected chi connectivity index (χ0v) is 13.0. The van der Waals surface area contributed by atoms with E-state index in [1.165, 1.54) is 13.8 Å². The summed E-state index contributed by atoms with van der Waals surface area (Å²) in [5.41, 5.74) is -0.511. The van der Waals surface area contributed by atoms with Crippen LogP contribution in [0.3, 0.4) is 0 Å². The maximum absolute atomic E-state index is 13.2. The average molecular weight is 333 g/mol. The average Bonchev–Trinajstić information content (AvgIpc) is 2.42. The summed E-state index contributed by atoms with van der Waals surface area (Å²) in [5, 5.41) is 9.04. The van der Waals surface area contributed by atoms with E-state index in [0.29, 0.717) is 6.07 Å². The maximum atomic E-state index is 13.2. The number of ether oxygens (including phenoxy) is 1. The van der Waals surface area contributed by atoms with Gasteiger partial charge < -0.3 is 9.84 Å². The number of esters is 1. The molecule has 1 aromatic rings. The minimum Gasteiger partial charge on any atom is -0.480 e. The monoisotopic (exact) mass is 333 g/mol. The van der Waals surface area contributed by atoms with Gasteiger partial charge in [-0.15, -0.1) is 0 Å². The van der Waals surface area contributed by atoms with Gasteiger partial charge in [0.05, 0.1) is 17.6 Å². The number of halogens is 1. The predicted molar refractivity (Wildman–Crippen MR) is 74.3 cm³/mol. The highest BCUT2D eigenvalue weighted by Crippen LogP contribution is 2.19. The normalized spacial score (nSPS) is 13.0. The second-order valence-corrected chi connectivity index (χ2v) is 6.50. The summed E-state index contributed by atoms with van der Waals surface area (Å²) in [7, 11) is -3.33. The lowest BCUT2D eigenvalue weighted by atomic mass is 10.1. The van der Waals surface area contributed by atoms with E-state index >= 15 is 0 Å². The van der Waals surface area contributed by atoms with Crippen LogP contribution in [0, 0.1) is 11.7 Å². The molecule has 0 amide bonds. The molecular weight excluding hydrogens is 317 g/mol. The number of hydrogen-bond donors (Lipinski definition) is 2. The number of sulfonamides is 1. The standard InChI is InChI=1S/C13H16FNO6S/c1-7(2)11(12(16)17)15-22(19,20)10-5-4-8(14)6-9(10)13(18)21-3/h4-7,11,15H,1-3H3,(H,16,17). The highest BCUT2D eigenvalue weighted by molar-refractivity contribution is 7.89. The smallest absolute Gasteiger partial charge is 0.339 e. The van der Waals surface area contributed by atoms with Crippen molar-refractivity contribution in [1.29, 1.82) is 0 Å². The number of methoxy groups -OCH3 is 1. The van der Waals surface area contributed by atoms with Crippen molar-refractivity contribution in [2.45, 2.75) is 24.8 Å². The number of rotatable bonds is 6. The van der Waals surface area contributed by atoms with Crippen molar-refractivity contribution < 1.29 is 32.2 Å². The molecule has 0 heterocycles. The lowest BCUT2D eigenvalue weighted by Gasteiger charge is -2.18. The number of benzene rings is 1. The minimum atomic E-state index is -4.35. The van der Waals surface area contributed by atoms with E-state index in [-0.39, 0.29) is 0 Å². The molecule has 1 unspecified atom stereocenters. The highest BCUT2D eigenvalue weighted by atomic mass is 32.2. The molecule has 0 fully saturated rings. The fraction of sp³-hybridized carbons (Fsp3) is 0.385. The van der Waals surface area contributed by atoms with Crippen LogP contribution in [0.25, 0.3) is 0 Å². The number of carboxylic acid groups (broad SMARTS) is 1. The molecule has 2 N–H and O–H groups in total. The van der Waals surface area contributed by atoms with Crippen LogP contribution in [-0.4, -0.2) is 38.6 Å². The largest absolute Gasteiger partial charge is 0.480 e. The van der Waals surface area contributed by atoms with Gasteiger partial charge in [0.15, 0.2) is 0 Å². The Morgan fingerprint density at radius 3 is 2.36 bits per heavy atom. The zero-order chi connectivity index (χ0) is 17.1. The van der Waals surface area contributed by atoms with E-state index in [1.54, 1.807) is 0 Å². The van der Waals surface area contributed by atoms with Gasteiger partial charge in [-0.25, -0.2) is 17.6 Å². The molecule has 7 nitrogen and oxygen atoms in total. The molecular formula is C13H16FNO6S. The number of carbonyl (C=O) groups excluding carboxylic acids is 1. The van der Waals surface area contributed by atoms with E-state index in [9.17, 15) is 22.4 Å². The molecule has 0 spiro atoms. The van der Waals surface area contributed by atoms with Gasteiger partial charge in [-0.2, -0.15) is 4.72 Å². The van der Waals surface area contributed by atoms with Gasteiger partial charge in [0.1, 0.15) is 11.9 Å². The molecule has 0 radical (unpaired) electrons. The van der Waals surface area contributed by atoms with Gasteiger partial charge in [0.2, 0.25) is 10.0 Å². The maximum Gasteiger partial charge on any atom is 0.339 e. The highest BCUT2D eigenvalue weighted by Gasteiger charge is 2.31. The first kappa shape index (κ1) is 18.1. The molecule has 0 aliphatic rings. The summed E-state index contributed by atoms with van der Waals surface area (Å²) in [5.74, 6) is -3.76. The minimum absolute atomic E-state index is 0.511. The predicted octanol–water partition coefficient (Wildman–Crippen LogP) is 1.000. The van der Waals surface area contributed by atoms with Gasteiger partial charge in [-0.3, -0.25) is 4.79 Å². The molecule has 1 atom stereocenters. The van der Waals surface area contributed by atoms with Crippen LogP contribution in [0.1, 0.15) is 24.2 Å². The van der Waals surface area contributed by atoms with Crippen LogP contribution < -0.4 is 4.72 Å². The third-order valence-electron chi connectivity index (χ3n) is 2.85.